The van der Waals surface area contributed by atoms with Gasteiger partial charge in [0.05, 0.1) is 23.8 Å². The molecule has 0 fully saturated rings. The lowest BCUT2D eigenvalue weighted by Crippen LogP contribution is -2.52. The second-order valence-corrected chi connectivity index (χ2v) is 9.26. The Morgan fingerprint density at radius 1 is 1.03 bits per heavy atom. The number of Topliss-reactive ketones (excluding diaryl/α,β-unsaturated/α-hetero) is 1. The zero-order valence-electron chi connectivity index (χ0n) is 19.5. The maximum atomic E-state index is 13.0. The molecule has 0 spiro atoms. The number of benzene rings is 1. The van der Waals surface area contributed by atoms with E-state index < -0.39 is 18.2 Å². The predicted octanol–water partition coefficient (Wildman–Crippen LogP) is 4.71. The summed E-state index contributed by atoms with van der Waals surface area (Å²) in [6.45, 7) is 6.02. The summed E-state index contributed by atoms with van der Waals surface area (Å²) in [7, 11) is 0. The van der Waals surface area contributed by atoms with Gasteiger partial charge in [0.15, 0.2) is 5.78 Å². The van der Waals surface area contributed by atoms with Crippen LogP contribution in [0.5, 0.6) is 0 Å². The Labute approximate surface area is 200 Å². The number of alkyl carbamates (subject to hydrolysis) is 1. The molecular formula is C25H34N2O5S. The van der Waals surface area contributed by atoms with E-state index in [0.29, 0.717) is 18.6 Å². The molecule has 1 heterocycles. The summed E-state index contributed by atoms with van der Waals surface area (Å²) in [5.74, 6) is 1.42. The molecule has 0 aliphatic heterocycles. The average molecular weight is 475 g/mol. The lowest BCUT2D eigenvalue weighted by Gasteiger charge is -2.23. The van der Waals surface area contributed by atoms with Crippen LogP contribution >= 0.6 is 11.8 Å². The minimum absolute atomic E-state index is 0.0447. The van der Waals surface area contributed by atoms with Crippen molar-refractivity contribution in [3.8, 4) is 0 Å². The van der Waals surface area contributed by atoms with Crippen molar-refractivity contribution in [1.29, 1.82) is 0 Å². The number of hydrogen-bond acceptors (Lipinski definition) is 6. The molecule has 8 heteroatoms. The highest BCUT2D eigenvalue weighted by molar-refractivity contribution is 7.99. The fraction of sp³-hybridized carbons (Fsp3) is 0.480. The molecule has 2 rings (SSSR count). The van der Waals surface area contributed by atoms with Gasteiger partial charge in [-0.05, 0) is 36.5 Å². The van der Waals surface area contributed by atoms with Crippen LogP contribution in [0, 0.1) is 5.92 Å². The maximum Gasteiger partial charge on any atom is 0.408 e. The zero-order valence-corrected chi connectivity index (χ0v) is 20.4. The molecule has 1 aromatic carbocycles. The highest BCUT2D eigenvalue weighted by Crippen LogP contribution is 2.14. The number of ether oxygens (including phenoxy) is 1. The van der Waals surface area contributed by atoms with Crippen molar-refractivity contribution >= 4 is 29.5 Å². The standard InChI is InChI=1S/C25H34N2O5S/c1-4-9-21(23(28)17-33-16-20-12-8-13-31-20)26-24(29)22(14-18(2)3)27-25(30)32-15-19-10-6-5-7-11-19/h5-8,10-13,18,21-22H,4,9,14-17H2,1-3H3,(H,26,29)(H,27,30)/t21-,22-/m0/s1. The second kappa shape index (κ2) is 14.4. The number of amides is 2. The number of nitrogens with one attached hydrogen (secondary N) is 2. The summed E-state index contributed by atoms with van der Waals surface area (Å²) in [5.41, 5.74) is 0.859. The van der Waals surface area contributed by atoms with Crippen molar-refractivity contribution in [1.82, 2.24) is 10.6 Å². The fourth-order valence-electron chi connectivity index (χ4n) is 3.23. The highest BCUT2D eigenvalue weighted by Gasteiger charge is 2.27. The van der Waals surface area contributed by atoms with E-state index >= 15 is 0 Å². The van der Waals surface area contributed by atoms with Gasteiger partial charge in [0, 0.05) is 0 Å². The highest BCUT2D eigenvalue weighted by atomic mass is 32.2. The Morgan fingerprint density at radius 2 is 1.79 bits per heavy atom. The van der Waals surface area contributed by atoms with Crippen LogP contribution in [-0.4, -0.2) is 35.6 Å². The Balaban J connectivity index is 1.90. The molecule has 0 unspecified atom stereocenters. The quantitative estimate of drug-likeness (QED) is 0.412. The van der Waals surface area contributed by atoms with Crippen molar-refractivity contribution in [3.63, 3.8) is 0 Å². The molecule has 180 valence electrons. The summed E-state index contributed by atoms with van der Waals surface area (Å²) in [6.07, 6.45) is 2.67. The van der Waals surface area contributed by atoms with Gasteiger partial charge in [0.1, 0.15) is 18.4 Å². The van der Waals surface area contributed by atoms with Gasteiger partial charge in [0.2, 0.25) is 5.91 Å². The van der Waals surface area contributed by atoms with Gasteiger partial charge in [-0.15, -0.1) is 11.8 Å². The lowest BCUT2D eigenvalue weighted by molar-refractivity contribution is -0.128. The lowest BCUT2D eigenvalue weighted by atomic mass is 10.0. The summed E-state index contributed by atoms with van der Waals surface area (Å²) < 4.78 is 10.6. The normalized spacial score (nSPS) is 12.7. The minimum Gasteiger partial charge on any atom is -0.468 e. The van der Waals surface area contributed by atoms with Crippen LogP contribution in [-0.2, 0) is 26.7 Å². The van der Waals surface area contributed by atoms with Crippen LogP contribution < -0.4 is 10.6 Å². The van der Waals surface area contributed by atoms with E-state index in [9.17, 15) is 14.4 Å². The van der Waals surface area contributed by atoms with Crippen LogP contribution in [0.15, 0.2) is 53.1 Å². The molecule has 7 nitrogen and oxygen atoms in total. The first kappa shape index (κ1) is 26.5. The molecule has 0 aliphatic carbocycles. The monoisotopic (exact) mass is 474 g/mol. The van der Waals surface area contributed by atoms with E-state index in [0.717, 1.165) is 17.7 Å². The van der Waals surface area contributed by atoms with E-state index in [1.807, 2.05) is 63.2 Å². The largest absolute Gasteiger partial charge is 0.468 e. The Morgan fingerprint density at radius 3 is 2.42 bits per heavy atom. The number of hydrogen-bond donors (Lipinski definition) is 2. The number of carbonyl (C=O) groups excluding carboxylic acids is 3. The molecule has 2 N–H and O–H groups in total. The van der Waals surface area contributed by atoms with Crippen LogP contribution in [0.25, 0.3) is 0 Å². The Hall–Kier alpha value is -2.74. The number of furan rings is 1. The van der Waals surface area contributed by atoms with Gasteiger partial charge in [-0.3, -0.25) is 9.59 Å². The third kappa shape index (κ3) is 10.2. The first-order chi connectivity index (χ1) is 15.9. The van der Waals surface area contributed by atoms with Crippen molar-refractivity contribution in [2.75, 3.05) is 5.75 Å². The van der Waals surface area contributed by atoms with Gasteiger partial charge in [-0.2, -0.15) is 0 Å². The SMILES string of the molecule is CCC[C@H](NC(=O)[C@H](CC(C)C)NC(=O)OCc1ccccc1)C(=O)CSCc1ccco1. The molecule has 0 saturated heterocycles. The van der Waals surface area contributed by atoms with Gasteiger partial charge >= 0.3 is 6.09 Å². The molecule has 2 atom stereocenters. The number of carbonyl (C=O) groups is 3. The molecule has 0 aliphatic rings. The Kier molecular flexibility index (Phi) is 11.6. The topological polar surface area (TPSA) is 97.6 Å². The fourth-order valence-corrected chi connectivity index (χ4v) is 4.10. The van der Waals surface area contributed by atoms with Crippen LogP contribution in [0.2, 0.25) is 0 Å². The van der Waals surface area contributed by atoms with Gasteiger partial charge in [-0.1, -0.05) is 57.5 Å². The molecule has 2 amide bonds. The summed E-state index contributed by atoms with van der Waals surface area (Å²) in [6, 6.07) is 11.6. The Bertz CT molecular complexity index is 855. The van der Waals surface area contributed by atoms with Crippen molar-refractivity contribution in [3.05, 3.63) is 60.1 Å². The number of thioether (sulfide) groups is 1. The van der Waals surface area contributed by atoms with Crippen molar-refractivity contribution in [2.24, 2.45) is 5.92 Å². The first-order valence-corrected chi connectivity index (χ1v) is 12.4. The third-order valence-electron chi connectivity index (χ3n) is 4.88. The summed E-state index contributed by atoms with van der Waals surface area (Å²) in [5, 5.41) is 5.51. The molecular weight excluding hydrogens is 440 g/mol. The molecule has 33 heavy (non-hydrogen) atoms. The average Bonchev–Trinajstić information content (AvgIpc) is 3.31. The number of ketones is 1. The predicted molar refractivity (Wildman–Crippen MR) is 130 cm³/mol. The van der Waals surface area contributed by atoms with E-state index in [1.165, 1.54) is 11.8 Å². The summed E-state index contributed by atoms with van der Waals surface area (Å²) >= 11 is 1.45. The van der Waals surface area contributed by atoms with Gasteiger partial charge in [0.25, 0.3) is 0 Å². The molecule has 0 saturated carbocycles. The maximum absolute atomic E-state index is 13.0. The molecule has 0 bridgehead atoms. The third-order valence-corrected chi connectivity index (χ3v) is 5.86. The van der Waals surface area contributed by atoms with Crippen molar-refractivity contribution < 1.29 is 23.5 Å². The van der Waals surface area contributed by atoms with Crippen LogP contribution in [0.3, 0.4) is 0 Å². The van der Waals surface area contributed by atoms with E-state index in [1.54, 1.807) is 6.26 Å². The van der Waals surface area contributed by atoms with Gasteiger partial charge in [-0.25, -0.2) is 4.79 Å². The molecule has 1 aromatic heterocycles. The molecule has 0 radical (unpaired) electrons. The summed E-state index contributed by atoms with van der Waals surface area (Å²) in [4.78, 5) is 38.0. The van der Waals surface area contributed by atoms with Gasteiger partial charge < -0.3 is 19.8 Å². The minimum atomic E-state index is -0.781. The number of rotatable bonds is 14. The van der Waals surface area contributed by atoms with E-state index in [4.69, 9.17) is 9.15 Å². The second-order valence-electron chi connectivity index (χ2n) is 8.28. The zero-order chi connectivity index (χ0) is 24.1. The van der Waals surface area contributed by atoms with Crippen LogP contribution in [0.1, 0.15) is 51.4 Å². The molecule has 2 aromatic rings. The first-order valence-electron chi connectivity index (χ1n) is 11.3. The van der Waals surface area contributed by atoms with E-state index in [2.05, 4.69) is 10.6 Å². The van der Waals surface area contributed by atoms with Crippen molar-refractivity contribution in [2.45, 2.75) is 64.5 Å². The van der Waals surface area contributed by atoms with E-state index in [-0.39, 0.29) is 30.0 Å². The van der Waals surface area contributed by atoms with Crippen LogP contribution in [0.4, 0.5) is 4.79 Å². The smallest absolute Gasteiger partial charge is 0.408 e.